The Bertz CT molecular complexity index is 766. The van der Waals surface area contributed by atoms with Crippen molar-refractivity contribution >= 4 is 11.8 Å². The summed E-state index contributed by atoms with van der Waals surface area (Å²) in [5, 5.41) is 7.09. The van der Waals surface area contributed by atoms with E-state index in [9.17, 15) is 9.59 Å². The number of rotatable bonds is 6. The first kappa shape index (κ1) is 19.1. The maximum Gasteiger partial charge on any atom is 0.236 e. The second kappa shape index (κ2) is 8.81. The van der Waals surface area contributed by atoms with Crippen molar-refractivity contribution in [3.63, 3.8) is 0 Å². The van der Waals surface area contributed by atoms with Gasteiger partial charge in [-0.05, 0) is 38.1 Å². The zero-order valence-electron chi connectivity index (χ0n) is 16.0. The molecule has 0 radical (unpaired) electrons. The lowest BCUT2D eigenvalue weighted by Gasteiger charge is -2.31. The standard InChI is InChI=1S/C20H27N5O2/c1-21-20(27)17-8-10-24(11-9-17)15-19(26)23(2)13-16-12-22-25(14-16)18-6-4-3-5-7-18/h3-7,12,14,17H,8-11,13,15H2,1-2H3,(H,21,27). The number of para-hydroxylation sites is 1. The smallest absolute Gasteiger partial charge is 0.236 e. The lowest BCUT2D eigenvalue weighted by atomic mass is 9.96. The Labute approximate surface area is 159 Å². The Balaban J connectivity index is 1.49. The van der Waals surface area contributed by atoms with Crippen molar-refractivity contribution in [2.75, 3.05) is 33.7 Å². The Kier molecular flexibility index (Phi) is 6.24. The number of benzene rings is 1. The molecule has 2 aromatic rings. The molecule has 0 aliphatic carbocycles. The van der Waals surface area contributed by atoms with Crippen LogP contribution in [0.2, 0.25) is 0 Å². The summed E-state index contributed by atoms with van der Waals surface area (Å²) in [6.07, 6.45) is 5.36. The van der Waals surface area contributed by atoms with Gasteiger partial charge in [0.05, 0.1) is 18.4 Å². The van der Waals surface area contributed by atoms with Gasteiger partial charge in [-0.2, -0.15) is 5.10 Å². The molecule has 7 heteroatoms. The predicted octanol–water partition coefficient (Wildman–Crippen LogP) is 1.29. The number of piperidine rings is 1. The molecule has 0 unspecified atom stereocenters. The minimum Gasteiger partial charge on any atom is -0.359 e. The van der Waals surface area contributed by atoms with E-state index in [2.05, 4.69) is 15.3 Å². The number of nitrogens with one attached hydrogen (secondary N) is 1. The van der Waals surface area contributed by atoms with E-state index in [4.69, 9.17) is 0 Å². The molecule has 3 rings (SSSR count). The van der Waals surface area contributed by atoms with Gasteiger partial charge in [0.1, 0.15) is 0 Å². The molecule has 1 aromatic heterocycles. The Morgan fingerprint density at radius 2 is 1.93 bits per heavy atom. The second-order valence-electron chi connectivity index (χ2n) is 7.04. The van der Waals surface area contributed by atoms with Gasteiger partial charge in [0.15, 0.2) is 0 Å². The summed E-state index contributed by atoms with van der Waals surface area (Å²) >= 11 is 0. The minimum atomic E-state index is 0.0721. The van der Waals surface area contributed by atoms with Crippen molar-refractivity contribution in [1.82, 2.24) is 24.9 Å². The van der Waals surface area contributed by atoms with Crippen molar-refractivity contribution < 1.29 is 9.59 Å². The largest absolute Gasteiger partial charge is 0.359 e. The first-order chi connectivity index (χ1) is 13.1. The molecule has 2 heterocycles. The summed E-state index contributed by atoms with van der Waals surface area (Å²) in [5.74, 6) is 0.261. The van der Waals surface area contributed by atoms with Gasteiger partial charge in [0, 0.05) is 38.3 Å². The second-order valence-corrected chi connectivity index (χ2v) is 7.04. The van der Waals surface area contributed by atoms with E-state index in [0.29, 0.717) is 13.1 Å². The Hall–Kier alpha value is -2.67. The number of hydrogen-bond donors (Lipinski definition) is 1. The molecule has 1 N–H and O–H groups in total. The van der Waals surface area contributed by atoms with Crippen LogP contribution < -0.4 is 5.32 Å². The first-order valence-corrected chi connectivity index (χ1v) is 9.33. The predicted molar refractivity (Wildman–Crippen MR) is 103 cm³/mol. The fourth-order valence-electron chi connectivity index (χ4n) is 3.40. The molecule has 0 saturated carbocycles. The summed E-state index contributed by atoms with van der Waals surface area (Å²) < 4.78 is 1.82. The van der Waals surface area contributed by atoms with Crippen molar-refractivity contribution in [1.29, 1.82) is 0 Å². The third kappa shape index (κ3) is 4.95. The summed E-state index contributed by atoms with van der Waals surface area (Å²) in [5.41, 5.74) is 1.99. The van der Waals surface area contributed by atoms with Crippen LogP contribution in [-0.4, -0.2) is 65.1 Å². The van der Waals surface area contributed by atoms with Gasteiger partial charge in [0.25, 0.3) is 0 Å². The number of carbonyl (C=O) groups excluding carboxylic acids is 2. The van der Waals surface area contributed by atoms with Gasteiger partial charge < -0.3 is 10.2 Å². The lowest BCUT2D eigenvalue weighted by Crippen LogP contribution is -2.44. The van der Waals surface area contributed by atoms with Crippen LogP contribution in [0.5, 0.6) is 0 Å². The van der Waals surface area contributed by atoms with Crippen molar-refractivity contribution in [2.45, 2.75) is 19.4 Å². The Morgan fingerprint density at radius 1 is 1.22 bits per heavy atom. The minimum absolute atomic E-state index is 0.0721. The molecular formula is C20H27N5O2. The van der Waals surface area contributed by atoms with Gasteiger partial charge in [-0.1, -0.05) is 18.2 Å². The van der Waals surface area contributed by atoms with E-state index < -0.39 is 0 Å². The van der Waals surface area contributed by atoms with Gasteiger partial charge in [0.2, 0.25) is 11.8 Å². The number of likely N-dealkylation sites (tertiary alicyclic amines) is 1. The average Bonchev–Trinajstić information content (AvgIpc) is 3.17. The number of amides is 2. The third-order valence-corrected chi connectivity index (χ3v) is 5.07. The highest BCUT2D eigenvalue weighted by atomic mass is 16.2. The van der Waals surface area contributed by atoms with Gasteiger partial charge in [-0.25, -0.2) is 4.68 Å². The normalized spacial score (nSPS) is 15.5. The number of aromatic nitrogens is 2. The highest BCUT2D eigenvalue weighted by molar-refractivity contribution is 5.79. The Morgan fingerprint density at radius 3 is 2.59 bits per heavy atom. The summed E-state index contributed by atoms with van der Waals surface area (Å²) in [4.78, 5) is 28.1. The van der Waals surface area contributed by atoms with E-state index >= 15 is 0 Å². The van der Waals surface area contributed by atoms with Gasteiger partial charge in [-0.3, -0.25) is 14.5 Å². The molecule has 1 aliphatic rings. The third-order valence-electron chi connectivity index (χ3n) is 5.07. The zero-order chi connectivity index (χ0) is 19.2. The maximum absolute atomic E-state index is 12.5. The lowest BCUT2D eigenvalue weighted by molar-refractivity contribution is -0.132. The highest BCUT2D eigenvalue weighted by Gasteiger charge is 2.25. The SMILES string of the molecule is CNC(=O)C1CCN(CC(=O)N(C)Cc2cnn(-c3ccccc3)c2)CC1. The number of hydrogen-bond acceptors (Lipinski definition) is 4. The number of carbonyl (C=O) groups is 2. The van der Waals surface area contributed by atoms with Crippen molar-refractivity contribution in [3.05, 3.63) is 48.3 Å². The molecule has 1 saturated heterocycles. The van der Waals surface area contributed by atoms with Crippen molar-refractivity contribution in [3.8, 4) is 5.69 Å². The molecule has 0 spiro atoms. The average molecular weight is 369 g/mol. The van der Waals surface area contributed by atoms with Crippen LogP contribution in [0.1, 0.15) is 18.4 Å². The molecule has 1 aromatic carbocycles. The van der Waals surface area contributed by atoms with E-state index in [1.165, 1.54) is 0 Å². The summed E-state index contributed by atoms with van der Waals surface area (Å²) in [6.45, 7) is 2.48. The number of likely N-dealkylation sites (N-methyl/N-ethyl adjacent to an activating group) is 1. The van der Waals surface area contributed by atoms with Crippen LogP contribution in [0.15, 0.2) is 42.7 Å². The fraction of sp³-hybridized carbons (Fsp3) is 0.450. The molecule has 7 nitrogen and oxygen atoms in total. The quantitative estimate of drug-likeness (QED) is 0.833. The fourth-order valence-corrected chi connectivity index (χ4v) is 3.40. The highest BCUT2D eigenvalue weighted by Crippen LogP contribution is 2.17. The van der Waals surface area contributed by atoms with Crippen LogP contribution in [0.3, 0.4) is 0 Å². The van der Waals surface area contributed by atoms with Crippen LogP contribution in [-0.2, 0) is 16.1 Å². The molecule has 0 atom stereocenters. The monoisotopic (exact) mass is 369 g/mol. The summed E-state index contributed by atoms with van der Waals surface area (Å²) in [6, 6.07) is 9.90. The molecule has 1 aliphatic heterocycles. The van der Waals surface area contributed by atoms with E-state index in [0.717, 1.165) is 37.2 Å². The van der Waals surface area contributed by atoms with E-state index in [1.54, 1.807) is 18.1 Å². The van der Waals surface area contributed by atoms with Gasteiger partial charge >= 0.3 is 0 Å². The maximum atomic E-state index is 12.5. The van der Waals surface area contributed by atoms with Crippen molar-refractivity contribution in [2.24, 2.45) is 5.92 Å². The van der Waals surface area contributed by atoms with Crippen LogP contribution >= 0.6 is 0 Å². The first-order valence-electron chi connectivity index (χ1n) is 9.33. The molecule has 0 bridgehead atoms. The van der Waals surface area contributed by atoms with Crippen LogP contribution in [0.25, 0.3) is 5.69 Å². The molecule has 1 fully saturated rings. The topological polar surface area (TPSA) is 70.5 Å². The molecular weight excluding hydrogens is 342 g/mol. The molecule has 144 valence electrons. The van der Waals surface area contributed by atoms with Gasteiger partial charge in [-0.15, -0.1) is 0 Å². The van der Waals surface area contributed by atoms with E-state index in [1.807, 2.05) is 48.3 Å². The molecule has 2 amide bonds. The van der Waals surface area contributed by atoms with E-state index in [-0.39, 0.29) is 17.7 Å². The van der Waals surface area contributed by atoms with Crippen LogP contribution in [0, 0.1) is 5.92 Å². The summed E-state index contributed by atoms with van der Waals surface area (Å²) in [7, 11) is 3.49. The number of nitrogens with zero attached hydrogens (tertiary/aromatic N) is 4. The zero-order valence-corrected chi connectivity index (χ0v) is 16.0. The molecule has 27 heavy (non-hydrogen) atoms. The van der Waals surface area contributed by atoms with Crippen LogP contribution in [0.4, 0.5) is 0 Å².